The molecule has 1 aromatic carbocycles. The highest BCUT2D eigenvalue weighted by atomic mass is 19.4. The van der Waals surface area contributed by atoms with E-state index >= 15 is 0 Å². The van der Waals surface area contributed by atoms with Crippen LogP contribution in [0.4, 0.5) is 12.9 Å². The lowest BCUT2D eigenvalue weighted by Gasteiger charge is -2.15. The van der Waals surface area contributed by atoms with Crippen molar-refractivity contribution in [1.82, 2.24) is 4.90 Å². The number of hydrogen-bond acceptors (Lipinski definition) is 2. The molecule has 0 aliphatic carbocycles. The van der Waals surface area contributed by atoms with Crippen LogP contribution in [0.15, 0.2) is 24.3 Å². The normalized spacial score (nSPS) is 11.9. The smallest absolute Gasteiger partial charge is 0.494 e. The summed E-state index contributed by atoms with van der Waals surface area (Å²) < 4.78 is 42.3. The molecule has 96 valence electrons. The summed E-state index contributed by atoms with van der Waals surface area (Å²) in [4.78, 5) is 2.03. The Bertz CT molecular complexity index is 338. The number of ether oxygens (including phenoxy) is 1. The third-order valence-electron chi connectivity index (χ3n) is 2.28. The molecule has 0 bridgehead atoms. The molecule has 0 atom stereocenters. The molecule has 0 aliphatic heterocycles. The molecule has 0 radical (unpaired) electrons. The van der Waals surface area contributed by atoms with Crippen molar-refractivity contribution in [1.29, 1.82) is 0 Å². The van der Waals surface area contributed by atoms with Gasteiger partial charge in [0.2, 0.25) is 0 Å². The van der Waals surface area contributed by atoms with Crippen LogP contribution in [0.2, 0.25) is 0 Å². The van der Waals surface area contributed by atoms with Gasteiger partial charge in [0, 0.05) is 6.54 Å². The van der Waals surface area contributed by atoms with Gasteiger partial charge in [-0.2, -0.15) is 0 Å². The van der Waals surface area contributed by atoms with Gasteiger partial charge in [-0.3, -0.25) is 0 Å². The predicted octanol–water partition coefficient (Wildman–Crippen LogP) is 2.07. The molecule has 1 aromatic rings. The van der Waals surface area contributed by atoms with Crippen molar-refractivity contribution in [3.05, 3.63) is 24.3 Å². The zero-order valence-electron chi connectivity index (χ0n) is 10.00. The Labute approximate surface area is 99.4 Å². The lowest BCUT2D eigenvalue weighted by molar-refractivity contribution is 0.281. The minimum absolute atomic E-state index is 0.479. The summed E-state index contributed by atoms with van der Waals surface area (Å²) in [6, 6.07) is 4.84. The van der Waals surface area contributed by atoms with E-state index in [-0.39, 0.29) is 0 Å². The molecule has 6 heteroatoms. The highest BCUT2D eigenvalue weighted by Gasteiger charge is 2.24. The first kappa shape index (κ1) is 13.9. The standard InChI is InChI=1S/C11H16BF3NO/c1-16(2)8-3-9-17-11-6-4-10(5-7-11)12(13,14)15/h4-7H,3,8-9H2,1-2H3/q-1. The van der Waals surface area contributed by atoms with E-state index in [0.717, 1.165) is 25.1 Å². The van der Waals surface area contributed by atoms with Crippen LogP contribution in [-0.4, -0.2) is 39.1 Å². The quantitative estimate of drug-likeness (QED) is 0.562. The number of hydrogen-bond donors (Lipinski definition) is 0. The third kappa shape index (κ3) is 5.13. The first-order valence-electron chi connectivity index (χ1n) is 5.47. The summed E-state index contributed by atoms with van der Waals surface area (Å²) in [5.74, 6) is 0.479. The molecule has 0 saturated carbocycles. The Morgan fingerprint density at radius 1 is 1.12 bits per heavy atom. The Hall–Kier alpha value is -1.17. The largest absolute Gasteiger partial charge is 0.509 e. The van der Waals surface area contributed by atoms with E-state index in [0.29, 0.717) is 12.4 Å². The van der Waals surface area contributed by atoms with E-state index in [4.69, 9.17) is 4.74 Å². The van der Waals surface area contributed by atoms with E-state index < -0.39 is 12.4 Å². The van der Waals surface area contributed by atoms with E-state index in [2.05, 4.69) is 0 Å². The molecule has 17 heavy (non-hydrogen) atoms. The Balaban J connectivity index is 2.41. The predicted molar refractivity (Wildman–Crippen MR) is 63.8 cm³/mol. The molecule has 0 unspecified atom stereocenters. The second-order valence-corrected chi connectivity index (χ2v) is 4.15. The van der Waals surface area contributed by atoms with Crippen molar-refractivity contribution >= 4 is 12.4 Å². The monoisotopic (exact) mass is 246 g/mol. The van der Waals surface area contributed by atoms with Crippen LogP contribution < -0.4 is 10.2 Å². The summed E-state index contributed by atoms with van der Waals surface area (Å²) in [5.41, 5.74) is -0.592. The van der Waals surface area contributed by atoms with Crippen molar-refractivity contribution in [3.63, 3.8) is 0 Å². The SMILES string of the molecule is CN(C)CCCOc1ccc([B-](F)(F)F)cc1. The molecule has 0 N–H and O–H groups in total. The van der Waals surface area contributed by atoms with Gasteiger partial charge in [0.15, 0.2) is 0 Å². The van der Waals surface area contributed by atoms with Crippen LogP contribution in [0, 0.1) is 0 Å². The average Bonchev–Trinajstić information content (AvgIpc) is 2.23. The maximum Gasteiger partial charge on any atom is 0.509 e. The van der Waals surface area contributed by atoms with E-state index in [1.54, 1.807) is 0 Å². The zero-order valence-corrected chi connectivity index (χ0v) is 10.00. The van der Waals surface area contributed by atoms with E-state index in [1.165, 1.54) is 12.1 Å². The molecule has 0 fully saturated rings. The fraction of sp³-hybridized carbons (Fsp3) is 0.455. The van der Waals surface area contributed by atoms with Gasteiger partial charge in [-0.1, -0.05) is 12.1 Å². The van der Waals surface area contributed by atoms with Crippen LogP contribution in [0.5, 0.6) is 5.75 Å². The van der Waals surface area contributed by atoms with Gasteiger partial charge in [0.1, 0.15) is 5.75 Å². The van der Waals surface area contributed by atoms with Gasteiger partial charge in [-0.05, 0) is 32.6 Å². The molecule has 0 spiro atoms. The maximum atomic E-state index is 12.3. The molecular weight excluding hydrogens is 230 g/mol. The van der Waals surface area contributed by atoms with Crippen molar-refractivity contribution in [2.75, 3.05) is 27.2 Å². The third-order valence-corrected chi connectivity index (χ3v) is 2.28. The van der Waals surface area contributed by atoms with E-state index in [1.807, 2.05) is 19.0 Å². The number of benzene rings is 1. The fourth-order valence-corrected chi connectivity index (χ4v) is 1.35. The second kappa shape index (κ2) is 5.96. The van der Waals surface area contributed by atoms with Crippen LogP contribution in [-0.2, 0) is 0 Å². The summed E-state index contributed by atoms with van der Waals surface area (Å²) in [5, 5.41) is 0. The molecule has 2 nitrogen and oxygen atoms in total. The van der Waals surface area contributed by atoms with Crippen molar-refractivity contribution in [3.8, 4) is 5.75 Å². The van der Waals surface area contributed by atoms with Crippen LogP contribution >= 0.6 is 0 Å². The molecule has 1 rings (SSSR count). The first-order chi connectivity index (χ1) is 7.89. The molecule has 0 aliphatic rings. The van der Waals surface area contributed by atoms with Gasteiger partial charge in [-0.15, -0.1) is 5.46 Å². The second-order valence-electron chi connectivity index (χ2n) is 4.15. The maximum absolute atomic E-state index is 12.3. The van der Waals surface area contributed by atoms with Gasteiger partial charge < -0.3 is 22.6 Å². The highest BCUT2D eigenvalue weighted by molar-refractivity contribution is 6.73. The molecule has 0 heterocycles. The van der Waals surface area contributed by atoms with Crippen molar-refractivity contribution in [2.45, 2.75) is 6.42 Å². The summed E-state index contributed by atoms with van der Waals surface area (Å²) in [6.07, 6.45) is 0.845. The van der Waals surface area contributed by atoms with Crippen LogP contribution in [0.3, 0.4) is 0 Å². The number of rotatable bonds is 6. The Kier molecular flexibility index (Phi) is 4.87. The summed E-state index contributed by atoms with van der Waals surface area (Å²) in [6.45, 7) is -3.51. The van der Waals surface area contributed by atoms with Crippen molar-refractivity contribution in [2.24, 2.45) is 0 Å². The van der Waals surface area contributed by atoms with Crippen LogP contribution in [0.25, 0.3) is 0 Å². The first-order valence-corrected chi connectivity index (χ1v) is 5.47. The lowest BCUT2D eigenvalue weighted by atomic mass is 9.80. The average molecular weight is 246 g/mol. The zero-order chi connectivity index (χ0) is 12.9. The fourth-order valence-electron chi connectivity index (χ4n) is 1.35. The molecule has 0 saturated heterocycles. The summed E-state index contributed by atoms with van der Waals surface area (Å²) >= 11 is 0. The summed E-state index contributed by atoms with van der Waals surface area (Å²) in [7, 11) is 3.92. The Morgan fingerprint density at radius 2 is 1.71 bits per heavy atom. The van der Waals surface area contributed by atoms with Crippen LogP contribution in [0.1, 0.15) is 6.42 Å². The van der Waals surface area contributed by atoms with Gasteiger partial charge in [0.05, 0.1) is 6.61 Å². The molecule has 0 amide bonds. The minimum Gasteiger partial charge on any atom is -0.494 e. The van der Waals surface area contributed by atoms with Gasteiger partial charge in [0.25, 0.3) is 0 Å². The number of halogens is 3. The van der Waals surface area contributed by atoms with Gasteiger partial charge in [-0.25, -0.2) is 0 Å². The van der Waals surface area contributed by atoms with Gasteiger partial charge >= 0.3 is 6.98 Å². The number of nitrogens with zero attached hydrogens (tertiary/aromatic N) is 1. The van der Waals surface area contributed by atoms with Crippen molar-refractivity contribution < 1.29 is 17.7 Å². The highest BCUT2D eigenvalue weighted by Crippen LogP contribution is 2.13. The minimum atomic E-state index is -4.91. The molecular formula is C11H16BF3NO-. The lowest BCUT2D eigenvalue weighted by Crippen LogP contribution is -2.33. The topological polar surface area (TPSA) is 12.5 Å². The van der Waals surface area contributed by atoms with E-state index in [9.17, 15) is 12.9 Å². The Morgan fingerprint density at radius 3 is 2.18 bits per heavy atom. The molecule has 0 aromatic heterocycles.